The summed E-state index contributed by atoms with van der Waals surface area (Å²) in [6, 6.07) is 0.0208. The quantitative estimate of drug-likeness (QED) is 0.630. The van der Waals surface area contributed by atoms with Crippen LogP contribution in [0.1, 0.15) is 85.5 Å². The minimum absolute atomic E-state index is 0.00903. The second-order valence-electron chi connectivity index (χ2n) is 11.3. The first kappa shape index (κ1) is 25.9. The summed E-state index contributed by atoms with van der Waals surface area (Å²) >= 11 is 0. The normalized spacial score (nSPS) is 37.0. The van der Waals surface area contributed by atoms with Gasteiger partial charge in [-0.1, -0.05) is 0 Å². The molecule has 2 heterocycles. The van der Waals surface area contributed by atoms with E-state index in [2.05, 4.69) is 4.72 Å². The molecule has 0 aromatic heterocycles. The number of carbonyl (C=O) groups is 2. The van der Waals surface area contributed by atoms with Gasteiger partial charge in [-0.15, -0.1) is 0 Å². The van der Waals surface area contributed by atoms with E-state index < -0.39 is 10.0 Å². The van der Waals surface area contributed by atoms with Crippen LogP contribution in [0.5, 0.6) is 0 Å². The van der Waals surface area contributed by atoms with Gasteiger partial charge in [-0.2, -0.15) is 0 Å². The molecule has 5 atom stereocenters. The first-order valence-corrected chi connectivity index (χ1v) is 14.8. The van der Waals surface area contributed by atoms with Crippen molar-refractivity contribution in [1.29, 1.82) is 0 Å². The summed E-state index contributed by atoms with van der Waals surface area (Å²) in [7, 11) is -3.27. The number of nitrogens with zero attached hydrogens (tertiary/aromatic N) is 2. The summed E-state index contributed by atoms with van der Waals surface area (Å²) in [6.07, 6.45) is 7.43. The van der Waals surface area contributed by atoms with Crippen molar-refractivity contribution in [2.45, 2.75) is 121 Å². The van der Waals surface area contributed by atoms with Gasteiger partial charge in [0.05, 0.1) is 17.3 Å². The van der Waals surface area contributed by atoms with Crippen LogP contribution in [-0.4, -0.2) is 78.7 Å². The van der Waals surface area contributed by atoms with Crippen molar-refractivity contribution in [3.63, 3.8) is 0 Å². The van der Waals surface area contributed by atoms with Crippen molar-refractivity contribution in [2.75, 3.05) is 13.2 Å². The highest BCUT2D eigenvalue weighted by molar-refractivity contribution is 7.90. The van der Waals surface area contributed by atoms with Crippen LogP contribution in [0.4, 0.5) is 0 Å². The molecule has 0 bridgehead atoms. The SMILES string of the molecule is CC(=O)N1C2CCC(C3CCC(S(=O)(=O)NC(C)C)CC3)CC2N(C(=O)C2CCCO2)C[C@@H]1C. The average Bonchev–Trinajstić information content (AvgIpc) is 3.32. The summed E-state index contributed by atoms with van der Waals surface area (Å²) in [5, 5.41) is -0.302. The molecule has 2 aliphatic carbocycles. The van der Waals surface area contributed by atoms with E-state index in [4.69, 9.17) is 4.74 Å². The molecule has 0 aromatic rings. The minimum Gasteiger partial charge on any atom is -0.368 e. The molecule has 2 saturated carbocycles. The highest BCUT2D eigenvalue weighted by atomic mass is 32.2. The van der Waals surface area contributed by atoms with Crippen molar-refractivity contribution >= 4 is 21.8 Å². The smallest absolute Gasteiger partial charge is 0.252 e. The monoisotopic (exact) mass is 497 g/mol. The number of hydrogen-bond acceptors (Lipinski definition) is 5. The van der Waals surface area contributed by atoms with E-state index in [1.807, 2.05) is 30.6 Å². The lowest BCUT2D eigenvalue weighted by molar-refractivity contribution is -0.160. The molecule has 0 radical (unpaired) electrons. The van der Waals surface area contributed by atoms with Gasteiger partial charge in [-0.05, 0) is 90.4 Å². The van der Waals surface area contributed by atoms with Gasteiger partial charge in [0.25, 0.3) is 5.91 Å². The number of amides is 2. The van der Waals surface area contributed by atoms with Crippen molar-refractivity contribution in [3.05, 3.63) is 0 Å². The van der Waals surface area contributed by atoms with Gasteiger partial charge in [-0.25, -0.2) is 13.1 Å². The number of sulfonamides is 1. The number of nitrogens with one attached hydrogen (secondary N) is 1. The molecule has 2 saturated heterocycles. The van der Waals surface area contributed by atoms with Gasteiger partial charge in [0, 0.05) is 32.2 Å². The van der Waals surface area contributed by atoms with E-state index in [0.717, 1.165) is 44.9 Å². The Kier molecular flexibility index (Phi) is 7.94. The Labute approximate surface area is 205 Å². The number of rotatable bonds is 5. The summed E-state index contributed by atoms with van der Waals surface area (Å²) in [5.74, 6) is 1.13. The number of ether oxygens (including phenoxy) is 1. The van der Waals surface area contributed by atoms with Crippen molar-refractivity contribution in [3.8, 4) is 0 Å². The van der Waals surface area contributed by atoms with Gasteiger partial charge < -0.3 is 14.5 Å². The molecular weight excluding hydrogens is 454 g/mol. The number of piperazine rings is 1. The number of fused-ring (bicyclic) bond motifs is 1. The predicted octanol–water partition coefficient (Wildman–Crippen LogP) is 2.67. The molecule has 2 aliphatic heterocycles. The molecule has 4 unspecified atom stereocenters. The second kappa shape index (κ2) is 10.4. The Morgan fingerprint density at radius 2 is 1.65 bits per heavy atom. The highest BCUT2D eigenvalue weighted by Crippen LogP contribution is 2.43. The third-order valence-corrected chi connectivity index (χ3v) is 10.7. The van der Waals surface area contributed by atoms with E-state index in [1.165, 1.54) is 0 Å². The van der Waals surface area contributed by atoms with E-state index in [-0.39, 0.29) is 47.3 Å². The van der Waals surface area contributed by atoms with Crippen LogP contribution in [0.2, 0.25) is 0 Å². The Bertz CT molecular complexity index is 849. The Hall–Kier alpha value is -1.19. The van der Waals surface area contributed by atoms with Crippen LogP contribution in [0.3, 0.4) is 0 Å². The lowest BCUT2D eigenvalue weighted by Gasteiger charge is -2.55. The molecule has 9 heteroatoms. The molecule has 4 fully saturated rings. The molecule has 194 valence electrons. The molecule has 8 nitrogen and oxygen atoms in total. The predicted molar refractivity (Wildman–Crippen MR) is 131 cm³/mol. The maximum atomic E-state index is 13.4. The van der Waals surface area contributed by atoms with Gasteiger partial charge in [0.15, 0.2) is 0 Å². The van der Waals surface area contributed by atoms with Gasteiger partial charge in [0.1, 0.15) is 6.10 Å². The molecule has 4 aliphatic rings. The third-order valence-electron chi connectivity index (χ3n) is 8.59. The second-order valence-corrected chi connectivity index (χ2v) is 13.3. The molecule has 34 heavy (non-hydrogen) atoms. The molecule has 2 amide bonds. The van der Waals surface area contributed by atoms with Crippen molar-refractivity contribution < 1.29 is 22.7 Å². The Morgan fingerprint density at radius 3 is 2.24 bits per heavy atom. The topological polar surface area (TPSA) is 96.0 Å². The van der Waals surface area contributed by atoms with Gasteiger partial charge >= 0.3 is 0 Å². The first-order valence-electron chi connectivity index (χ1n) is 13.3. The number of hydrogen-bond donors (Lipinski definition) is 1. The summed E-state index contributed by atoms with van der Waals surface area (Å²) < 4.78 is 33.8. The van der Waals surface area contributed by atoms with Crippen molar-refractivity contribution in [2.24, 2.45) is 11.8 Å². The van der Waals surface area contributed by atoms with Crippen LogP contribution in [0.25, 0.3) is 0 Å². The largest absolute Gasteiger partial charge is 0.368 e. The Balaban J connectivity index is 1.45. The highest BCUT2D eigenvalue weighted by Gasteiger charge is 2.49. The Morgan fingerprint density at radius 1 is 0.971 bits per heavy atom. The molecule has 0 aromatic carbocycles. The van der Waals surface area contributed by atoms with E-state index in [0.29, 0.717) is 37.8 Å². The number of carbonyl (C=O) groups excluding carboxylic acids is 2. The van der Waals surface area contributed by atoms with E-state index in [1.54, 1.807) is 6.92 Å². The van der Waals surface area contributed by atoms with Crippen LogP contribution < -0.4 is 4.72 Å². The zero-order valence-electron chi connectivity index (χ0n) is 21.2. The van der Waals surface area contributed by atoms with Crippen LogP contribution in [-0.2, 0) is 24.3 Å². The lowest BCUT2D eigenvalue weighted by atomic mass is 9.69. The molecule has 0 spiro atoms. The third kappa shape index (κ3) is 5.31. The van der Waals surface area contributed by atoms with E-state index >= 15 is 0 Å². The molecule has 1 N–H and O–H groups in total. The fourth-order valence-electron chi connectivity index (χ4n) is 7.13. The maximum absolute atomic E-state index is 13.4. The van der Waals surface area contributed by atoms with Gasteiger partial charge in [0.2, 0.25) is 15.9 Å². The summed E-state index contributed by atoms with van der Waals surface area (Å²) in [6.45, 7) is 8.63. The van der Waals surface area contributed by atoms with Crippen LogP contribution in [0, 0.1) is 11.8 Å². The lowest BCUT2D eigenvalue weighted by Crippen LogP contribution is -2.68. The molecule has 4 rings (SSSR count). The average molecular weight is 498 g/mol. The van der Waals surface area contributed by atoms with Crippen LogP contribution >= 0.6 is 0 Å². The maximum Gasteiger partial charge on any atom is 0.252 e. The fourth-order valence-corrected chi connectivity index (χ4v) is 8.88. The zero-order chi connectivity index (χ0) is 24.6. The van der Waals surface area contributed by atoms with Crippen LogP contribution in [0.15, 0.2) is 0 Å². The standard InChI is InChI=1S/C25H43N3O5S/c1-16(2)26-34(31,32)21-10-7-19(8-11-21)20-9-12-22-23(14-20)27(15-17(3)28(22)18(4)29)25(30)24-6-5-13-33-24/h16-17,19-24,26H,5-15H2,1-4H3/t17-,19?,20?,21?,22?,23?,24?/m0/s1. The van der Waals surface area contributed by atoms with Gasteiger partial charge in [-0.3, -0.25) is 9.59 Å². The molecular formula is C25H43N3O5S. The fraction of sp³-hybridized carbons (Fsp3) is 0.920. The van der Waals surface area contributed by atoms with E-state index in [9.17, 15) is 18.0 Å². The van der Waals surface area contributed by atoms with Crippen molar-refractivity contribution in [1.82, 2.24) is 14.5 Å². The summed E-state index contributed by atoms with van der Waals surface area (Å²) in [4.78, 5) is 30.0. The summed E-state index contributed by atoms with van der Waals surface area (Å²) in [5.41, 5.74) is 0. The minimum atomic E-state index is -3.27. The first-order chi connectivity index (χ1) is 16.1. The zero-order valence-corrected chi connectivity index (χ0v) is 22.1.